The van der Waals surface area contributed by atoms with Crippen LogP contribution in [0.25, 0.3) is 0 Å². The van der Waals surface area contributed by atoms with Gasteiger partial charge in [-0.05, 0) is 50.5 Å². The van der Waals surface area contributed by atoms with Crippen LogP contribution in [-0.2, 0) is 23.7 Å². The highest BCUT2D eigenvalue weighted by atomic mass is 16.9. The van der Waals surface area contributed by atoms with Gasteiger partial charge >= 0.3 is 5.97 Å². The van der Waals surface area contributed by atoms with Crippen molar-refractivity contribution in [3.8, 4) is 0 Å². The Labute approximate surface area is 267 Å². The van der Waals surface area contributed by atoms with E-state index in [-0.39, 0.29) is 11.8 Å². The summed E-state index contributed by atoms with van der Waals surface area (Å²) in [4.78, 5) is 14.5. The van der Waals surface area contributed by atoms with Gasteiger partial charge in [0.2, 0.25) is 0 Å². The van der Waals surface area contributed by atoms with E-state index in [1.165, 1.54) is 32.6 Å². The Balaban J connectivity index is 1.43. The van der Waals surface area contributed by atoms with Gasteiger partial charge < -0.3 is 39.4 Å². The van der Waals surface area contributed by atoms with Gasteiger partial charge in [-0.3, -0.25) is 4.79 Å². The SMILES string of the molecule is C=C(C)[C@]12C[C@@H](C)[C@]34O[C@@]5(/C=C/CCCCCCCCCCC[C@H](C)[C@@H]6[C@@H]3[C@@](O)(C(=O)[C@]6(C)O)[C@H](O)[C@@]3(CO)O[C@H]3[C@H]4[C@H]1O5)O2. The maximum Gasteiger partial charge on any atom is 0.306 e. The Morgan fingerprint density at radius 3 is 2.24 bits per heavy atom. The first-order valence-corrected chi connectivity index (χ1v) is 17.7. The number of epoxide rings is 1. The molecule has 4 aliphatic heterocycles. The highest BCUT2D eigenvalue weighted by molar-refractivity contribution is 5.99. The highest BCUT2D eigenvalue weighted by Crippen LogP contribution is 2.75. The van der Waals surface area contributed by atoms with Crippen molar-refractivity contribution in [3.05, 3.63) is 24.3 Å². The first-order valence-electron chi connectivity index (χ1n) is 17.7. The van der Waals surface area contributed by atoms with Crippen molar-refractivity contribution >= 4 is 5.78 Å². The molecule has 6 fully saturated rings. The molecule has 3 saturated carbocycles. The molecule has 4 heterocycles. The number of hydrogen-bond donors (Lipinski definition) is 4. The third-order valence-electron chi connectivity index (χ3n) is 13.3. The molecular formula is C36H54O9. The molecule has 2 spiro atoms. The van der Waals surface area contributed by atoms with Gasteiger partial charge in [0.15, 0.2) is 11.4 Å². The molecule has 7 rings (SSSR count). The Morgan fingerprint density at radius 2 is 1.60 bits per heavy atom. The zero-order valence-corrected chi connectivity index (χ0v) is 27.5. The van der Waals surface area contributed by atoms with Crippen LogP contribution in [0.3, 0.4) is 0 Å². The molecule has 0 amide bonds. The highest BCUT2D eigenvalue weighted by Gasteiger charge is 2.91. The van der Waals surface area contributed by atoms with Gasteiger partial charge in [0.1, 0.15) is 35.1 Å². The molecule has 9 heteroatoms. The third-order valence-corrected chi connectivity index (χ3v) is 13.3. The number of ketones is 1. The monoisotopic (exact) mass is 630 g/mol. The Bertz CT molecular complexity index is 1250. The van der Waals surface area contributed by atoms with Crippen LogP contribution in [-0.4, -0.2) is 85.1 Å². The average molecular weight is 631 g/mol. The van der Waals surface area contributed by atoms with E-state index in [2.05, 4.69) is 6.58 Å². The van der Waals surface area contributed by atoms with Gasteiger partial charge in [-0.25, -0.2) is 0 Å². The maximum atomic E-state index is 14.5. The van der Waals surface area contributed by atoms with Gasteiger partial charge in [-0.2, -0.15) is 0 Å². The topological polar surface area (TPSA) is 138 Å². The summed E-state index contributed by atoms with van der Waals surface area (Å²) < 4.78 is 27.2. The predicted molar refractivity (Wildman–Crippen MR) is 165 cm³/mol. The summed E-state index contributed by atoms with van der Waals surface area (Å²) in [5, 5.41) is 47.9. The molecule has 0 aromatic rings. The lowest BCUT2D eigenvalue weighted by Gasteiger charge is -2.61. The van der Waals surface area contributed by atoms with Crippen LogP contribution in [0.5, 0.6) is 0 Å². The number of rotatable bonds is 2. The first-order chi connectivity index (χ1) is 21.3. The quantitative estimate of drug-likeness (QED) is 0.263. The van der Waals surface area contributed by atoms with Crippen molar-refractivity contribution in [2.24, 2.45) is 29.6 Å². The molecule has 14 atom stereocenters. The number of ether oxygens (including phenoxy) is 4. The molecule has 7 aliphatic rings. The molecule has 0 unspecified atom stereocenters. The fraction of sp³-hybridized carbons (Fsp3) is 0.861. The van der Waals surface area contributed by atoms with Crippen LogP contribution in [0.1, 0.15) is 105 Å². The van der Waals surface area contributed by atoms with Gasteiger partial charge in [0.05, 0.1) is 12.2 Å². The molecule has 3 aliphatic carbocycles. The second-order valence-electron chi connectivity index (χ2n) is 16.0. The van der Waals surface area contributed by atoms with Crippen LogP contribution in [0.2, 0.25) is 0 Å². The number of fused-ring (bicyclic) bond motifs is 1. The van der Waals surface area contributed by atoms with Gasteiger partial charge in [0, 0.05) is 23.8 Å². The Kier molecular flexibility index (Phi) is 7.67. The second kappa shape index (κ2) is 10.7. The summed E-state index contributed by atoms with van der Waals surface area (Å²) in [7, 11) is 0. The van der Waals surface area contributed by atoms with Crippen molar-refractivity contribution in [1.82, 2.24) is 0 Å². The van der Waals surface area contributed by atoms with Crippen LogP contribution in [0, 0.1) is 29.6 Å². The molecule has 0 aromatic carbocycles. The van der Waals surface area contributed by atoms with E-state index < -0.39 is 82.4 Å². The molecule has 0 radical (unpaired) electrons. The predicted octanol–water partition coefficient (Wildman–Crippen LogP) is 4.09. The minimum atomic E-state index is -2.44. The minimum absolute atomic E-state index is 0.177. The number of aliphatic hydroxyl groups excluding tert-OH is 2. The molecule has 45 heavy (non-hydrogen) atoms. The number of allylic oxidation sites excluding steroid dienone is 1. The van der Waals surface area contributed by atoms with Crippen LogP contribution < -0.4 is 0 Å². The second-order valence-corrected chi connectivity index (χ2v) is 16.0. The van der Waals surface area contributed by atoms with Crippen molar-refractivity contribution in [1.29, 1.82) is 0 Å². The van der Waals surface area contributed by atoms with Crippen molar-refractivity contribution in [2.45, 2.75) is 157 Å². The standard InChI is InChI=1S/C36H54O9/c1-21(2)32-19-23(4)36-25-27(32)43-34(44-32,45-36)18-16-14-12-10-8-6-7-9-11-13-15-17-22(3)24-26(36)35(41,29(38)31(24,5)40)30(39)33(20-37)28(25)42-33/h16,18,22-28,30,37,39-41H,1,6-15,17,19-20H2,2-5H3/b18-16+/t22-,23+,24+,25+,26+,27+,28-,30+,31+,32+,33-,34+,35+,36+/m0/s1. The van der Waals surface area contributed by atoms with E-state index in [0.717, 1.165) is 50.5 Å². The van der Waals surface area contributed by atoms with Gasteiger partial charge in [-0.15, -0.1) is 0 Å². The lowest BCUT2D eigenvalue weighted by atomic mass is 9.51. The lowest BCUT2D eigenvalue weighted by Crippen LogP contribution is -2.73. The van der Waals surface area contributed by atoms with E-state index in [9.17, 15) is 25.2 Å². The summed E-state index contributed by atoms with van der Waals surface area (Å²) in [5.41, 5.74) is -7.47. The van der Waals surface area contributed by atoms with Crippen LogP contribution >= 0.6 is 0 Å². The summed E-state index contributed by atoms with van der Waals surface area (Å²) >= 11 is 0. The molecule has 4 N–H and O–H groups in total. The van der Waals surface area contributed by atoms with Crippen LogP contribution in [0.15, 0.2) is 24.3 Å². The lowest BCUT2D eigenvalue weighted by molar-refractivity contribution is -0.413. The van der Waals surface area contributed by atoms with Gasteiger partial charge in [-0.1, -0.05) is 84.3 Å². The summed E-state index contributed by atoms with van der Waals surface area (Å²) in [5.74, 6) is -5.30. The number of carbonyl (C=O) groups excluding carboxylic acids is 1. The van der Waals surface area contributed by atoms with E-state index in [4.69, 9.17) is 18.9 Å². The summed E-state index contributed by atoms with van der Waals surface area (Å²) in [6, 6.07) is 0. The smallest absolute Gasteiger partial charge is 0.306 e. The molecule has 3 saturated heterocycles. The first kappa shape index (κ1) is 32.4. The Hall–Kier alpha value is -1.17. The largest absolute Gasteiger partial charge is 0.393 e. The number of aliphatic hydroxyl groups is 4. The fourth-order valence-corrected chi connectivity index (χ4v) is 11.2. The van der Waals surface area contributed by atoms with Crippen LogP contribution in [0.4, 0.5) is 0 Å². The maximum absolute atomic E-state index is 14.5. The zero-order chi connectivity index (χ0) is 32.2. The van der Waals surface area contributed by atoms with E-state index in [0.29, 0.717) is 6.42 Å². The zero-order valence-electron chi connectivity index (χ0n) is 27.5. The van der Waals surface area contributed by atoms with E-state index >= 15 is 0 Å². The normalized spacial score (nSPS) is 56.8. The molecule has 252 valence electrons. The fourth-order valence-electron chi connectivity index (χ4n) is 11.2. The van der Waals surface area contributed by atoms with Crippen molar-refractivity contribution in [3.63, 3.8) is 0 Å². The number of carbonyl (C=O) groups is 1. The van der Waals surface area contributed by atoms with E-state index in [1.54, 1.807) is 0 Å². The molecular weight excluding hydrogens is 576 g/mol. The summed E-state index contributed by atoms with van der Waals surface area (Å²) in [6.07, 6.45) is 13.0. The third kappa shape index (κ3) is 4.11. The van der Waals surface area contributed by atoms with Gasteiger partial charge in [0.25, 0.3) is 0 Å². The molecule has 9 nitrogen and oxygen atoms in total. The summed E-state index contributed by atoms with van der Waals surface area (Å²) in [6.45, 7) is 11.2. The Morgan fingerprint density at radius 1 is 0.956 bits per heavy atom. The molecule has 3 bridgehead atoms. The van der Waals surface area contributed by atoms with Crippen molar-refractivity contribution in [2.75, 3.05) is 6.61 Å². The molecule has 0 aromatic heterocycles. The minimum Gasteiger partial charge on any atom is -0.393 e. The number of hydrogen-bond acceptors (Lipinski definition) is 9. The van der Waals surface area contributed by atoms with E-state index in [1.807, 2.05) is 32.9 Å². The van der Waals surface area contributed by atoms with Crippen molar-refractivity contribution < 1.29 is 44.2 Å². The number of Topliss-reactive ketones (excluding diaryl/α,β-unsaturated/α-hetero) is 1. The average Bonchev–Trinajstić information content (AvgIpc) is 3.65.